The van der Waals surface area contributed by atoms with Crippen molar-refractivity contribution in [2.45, 2.75) is 25.3 Å². The zero-order valence-electron chi connectivity index (χ0n) is 11.1. The molecule has 0 saturated carbocycles. The molecule has 3 rings (SSSR count). The molecule has 0 spiro atoms. The number of thioether (sulfide) groups is 1. The van der Waals surface area contributed by atoms with E-state index in [2.05, 4.69) is 53.2 Å². The molecule has 2 heterocycles. The molecule has 2 aliphatic heterocycles. The van der Waals surface area contributed by atoms with Gasteiger partial charge in [0.25, 0.3) is 0 Å². The lowest BCUT2D eigenvalue weighted by atomic mass is 9.90. The first kappa shape index (κ1) is 12.4. The largest absolute Gasteiger partial charge is 0.385 e. The fraction of sp³-hybridized carbons (Fsp3) is 0.600. The van der Waals surface area contributed by atoms with E-state index in [0.29, 0.717) is 5.92 Å². The van der Waals surface area contributed by atoms with Crippen LogP contribution in [0.15, 0.2) is 24.3 Å². The summed E-state index contributed by atoms with van der Waals surface area (Å²) in [5, 5.41) is 3.52. The lowest BCUT2D eigenvalue weighted by Crippen LogP contribution is -2.43. The smallest absolute Gasteiger partial charge is 0.0376 e. The van der Waals surface area contributed by atoms with E-state index < -0.39 is 0 Å². The Morgan fingerprint density at radius 3 is 3.17 bits per heavy atom. The second-order valence-corrected chi connectivity index (χ2v) is 6.57. The summed E-state index contributed by atoms with van der Waals surface area (Å²) in [7, 11) is 0. The van der Waals surface area contributed by atoms with Crippen LogP contribution in [0.25, 0.3) is 0 Å². The number of fused-ring (bicyclic) bond motifs is 1. The van der Waals surface area contributed by atoms with Crippen molar-refractivity contribution in [2.75, 3.05) is 36.5 Å². The van der Waals surface area contributed by atoms with Crippen molar-refractivity contribution >= 4 is 17.4 Å². The summed E-state index contributed by atoms with van der Waals surface area (Å²) < 4.78 is 0. The zero-order valence-corrected chi connectivity index (χ0v) is 11.9. The number of rotatable bonds is 2. The van der Waals surface area contributed by atoms with Gasteiger partial charge in [-0.2, -0.15) is 11.8 Å². The highest BCUT2D eigenvalue weighted by atomic mass is 32.2. The third-order valence-electron chi connectivity index (χ3n) is 4.17. The Balaban J connectivity index is 1.73. The molecule has 0 bridgehead atoms. The topological polar surface area (TPSA) is 15.3 Å². The summed E-state index contributed by atoms with van der Waals surface area (Å²) in [5.74, 6) is 3.32. The van der Waals surface area contributed by atoms with Gasteiger partial charge in [-0.05, 0) is 25.0 Å². The first-order valence-corrected chi connectivity index (χ1v) is 8.14. The summed E-state index contributed by atoms with van der Waals surface area (Å²) in [6.45, 7) is 6.00. The molecule has 18 heavy (non-hydrogen) atoms. The fourth-order valence-corrected chi connectivity index (χ4v) is 4.14. The summed E-state index contributed by atoms with van der Waals surface area (Å²) in [6, 6.07) is 9.57. The van der Waals surface area contributed by atoms with Crippen molar-refractivity contribution in [1.82, 2.24) is 4.90 Å². The van der Waals surface area contributed by atoms with Crippen LogP contribution in [-0.4, -0.2) is 42.1 Å². The van der Waals surface area contributed by atoms with Crippen LogP contribution in [-0.2, 0) is 0 Å². The maximum absolute atomic E-state index is 3.52. The molecule has 0 radical (unpaired) electrons. The van der Waals surface area contributed by atoms with Crippen LogP contribution in [0, 0.1) is 0 Å². The minimum atomic E-state index is 0.716. The van der Waals surface area contributed by atoms with Gasteiger partial charge in [0, 0.05) is 48.8 Å². The van der Waals surface area contributed by atoms with Gasteiger partial charge in [-0.25, -0.2) is 0 Å². The highest BCUT2D eigenvalue weighted by Gasteiger charge is 2.25. The number of nitrogens with zero attached hydrogens (tertiary/aromatic N) is 1. The monoisotopic (exact) mass is 262 g/mol. The molecular weight excluding hydrogens is 240 g/mol. The second kappa shape index (κ2) is 5.54. The normalized spacial score (nSPS) is 28.5. The maximum Gasteiger partial charge on any atom is 0.0376 e. The predicted molar refractivity (Wildman–Crippen MR) is 80.6 cm³/mol. The molecule has 3 heteroatoms. The van der Waals surface area contributed by atoms with Crippen LogP contribution in [0.3, 0.4) is 0 Å². The average molecular weight is 262 g/mol. The summed E-state index contributed by atoms with van der Waals surface area (Å²) in [6.07, 6.45) is 1.27. The molecule has 1 fully saturated rings. The van der Waals surface area contributed by atoms with Gasteiger partial charge >= 0.3 is 0 Å². The molecule has 2 aliphatic rings. The van der Waals surface area contributed by atoms with Gasteiger partial charge in [0.15, 0.2) is 0 Å². The molecule has 98 valence electrons. The Bertz CT molecular complexity index is 407. The molecule has 0 aromatic heterocycles. The first-order chi connectivity index (χ1) is 8.84. The van der Waals surface area contributed by atoms with Crippen molar-refractivity contribution in [3.8, 4) is 0 Å². The molecule has 0 aliphatic carbocycles. The van der Waals surface area contributed by atoms with E-state index >= 15 is 0 Å². The third-order valence-corrected chi connectivity index (χ3v) is 5.36. The maximum atomic E-state index is 3.52. The Morgan fingerprint density at radius 1 is 1.39 bits per heavy atom. The SMILES string of the molecule is CC1CSCCN1CC1CCNc2ccccc21. The molecule has 1 aromatic rings. The van der Waals surface area contributed by atoms with Gasteiger partial charge in [0.2, 0.25) is 0 Å². The summed E-state index contributed by atoms with van der Waals surface area (Å²) >= 11 is 2.10. The van der Waals surface area contributed by atoms with Crippen molar-refractivity contribution in [1.29, 1.82) is 0 Å². The van der Waals surface area contributed by atoms with E-state index in [-0.39, 0.29) is 0 Å². The van der Waals surface area contributed by atoms with E-state index in [4.69, 9.17) is 0 Å². The van der Waals surface area contributed by atoms with Crippen LogP contribution < -0.4 is 5.32 Å². The number of benzene rings is 1. The lowest BCUT2D eigenvalue weighted by molar-refractivity contribution is 0.214. The zero-order chi connectivity index (χ0) is 12.4. The lowest BCUT2D eigenvalue weighted by Gasteiger charge is -2.37. The minimum Gasteiger partial charge on any atom is -0.385 e. The molecule has 1 aromatic carbocycles. The number of hydrogen-bond acceptors (Lipinski definition) is 3. The van der Waals surface area contributed by atoms with Gasteiger partial charge < -0.3 is 5.32 Å². The molecule has 1 saturated heterocycles. The van der Waals surface area contributed by atoms with Crippen molar-refractivity contribution < 1.29 is 0 Å². The van der Waals surface area contributed by atoms with E-state index in [9.17, 15) is 0 Å². The molecular formula is C15H22N2S. The van der Waals surface area contributed by atoms with Gasteiger partial charge in [0.1, 0.15) is 0 Å². The van der Waals surface area contributed by atoms with E-state index in [0.717, 1.165) is 12.6 Å². The van der Waals surface area contributed by atoms with Gasteiger partial charge in [-0.3, -0.25) is 4.90 Å². The number of hydrogen-bond donors (Lipinski definition) is 1. The van der Waals surface area contributed by atoms with Crippen LogP contribution in [0.1, 0.15) is 24.8 Å². The van der Waals surface area contributed by atoms with E-state index in [1.807, 2.05) is 0 Å². The van der Waals surface area contributed by atoms with Crippen molar-refractivity contribution in [2.24, 2.45) is 0 Å². The van der Waals surface area contributed by atoms with Crippen LogP contribution >= 0.6 is 11.8 Å². The summed E-state index contributed by atoms with van der Waals surface area (Å²) in [4.78, 5) is 2.68. The van der Waals surface area contributed by atoms with E-state index in [1.165, 1.54) is 42.3 Å². The summed E-state index contributed by atoms with van der Waals surface area (Å²) in [5.41, 5.74) is 2.88. The third kappa shape index (κ3) is 2.52. The van der Waals surface area contributed by atoms with Crippen molar-refractivity contribution in [3.63, 3.8) is 0 Å². The molecule has 1 N–H and O–H groups in total. The minimum absolute atomic E-state index is 0.716. The first-order valence-electron chi connectivity index (χ1n) is 6.99. The van der Waals surface area contributed by atoms with E-state index in [1.54, 1.807) is 0 Å². The second-order valence-electron chi connectivity index (χ2n) is 5.42. The molecule has 2 atom stereocenters. The Kier molecular flexibility index (Phi) is 3.80. The number of para-hydroxylation sites is 1. The van der Waals surface area contributed by atoms with Crippen molar-refractivity contribution in [3.05, 3.63) is 29.8 Å². The number of nitrogens with one attached hydrogen (secondary N) is 1. The molecule has 0 amide bonds. The van der Waals surface area contributed by atoms with Gasteiger partial charge in [0.05, 0.1) is 0 Å². The highest BCUT2D eigenvalue weighted by molar-refractivity contribution is 7.99. The Hall–Kier alpha value is -0.670. The van der Waals surface area contributed by atoms with Crippen LogP contribution in [0.4, 0.5) is 5.69 Å². The standard InChI is InChI=1S/C15H22N2S/c1-12-11-18-9-8-17(12)10-13-6-7-16-15-5-3-2-4-14(13)15/h2-5,12-13,16H,6-11H2,1H3. The van der Waals surface area contributed by atoms with Gasteiger partial charge in [-0.1, -0.05) is 18.2 Å². The fourth-order valence-electron chi connectivity index (χ4n) is 3.06. The highest BCUT2D eigenvalue weighted by Crippen LogP contribution is 2.32. The van der Waals surface area contributed by atoms with Crippen LogP contribution in [0.5, 0.6) is 0 Å². The molecule has 2 unspecified atom stereocenters. The quantitative estimate of drug-likeness (QED) is 0.882. The Labute approximate surface area is 114 Å². The average Bonchev–Trinajstić information content (AvgIpc) is 2.42. The molecule has 2 nitrogen and oxygen atoms in total. The van der Waals surface area contributed by atoms with Gasteiger partial charge in [-0.15, -0.1) is 0 Å². The Morgan fingerprint density at radius 2 is 2.28 bits per heavy atom. The predicted octanol–water partition coefficient (Wildman–Crippen LogP) is 3.02. The van der Waals surface area contributed by atoms with Crippen LogP contribution in [0.2, 0.25) is 0 Å². The number of anilines is 1.